The highest BCUT2D eigenvalue weighted by Crippen LogP contribution is 2.24. The second-order valence-electron chi connectivity index (χ2n) is 7.28. The van der Waals surface area contributed by atoms with Gasteiger partial charge in [-0.3, -0.25) is 4.79 Å². The number of ether oxygens (including phenoxy) is 1. The summed E-state index contributed by atoms with van der Waals surface area (Å²) in [5.41, 5.74) is 5.17. The number of anilines is 2. The first-order valence-corrected chi connectivity index (χ1v) is 9.72. The number of esters is 1. The van der Waals surface area contributed by atoms with Crippen LogP contribution >= 0.6 is 0 Å². The predicted octanol–water partition coefficient (Wildman–Crippen LogP) is 4.33. The Morgan fingerprint density at radius 3 is 2.26 bits per heavy atom. The van der Waals surface area contributed by atoms with Crippen LogP contribution in [0.4, 0.5) is 11.4 Å². The zero-order valence-corrected chi connectivity index (χ0v) is 17.5. The van der Waals surface area contributed by atoms with Crippen molar-refractivity contribution in [2.45, 2.75) is 0 Å². The van der Waals surface area contributed by atoms with E-state index in [2.05, 4.69) is 15.3 Å². The molecule has 7 nitrogen and oxygen atoms in total. The summed E-state index contributed by atoms with van der Waals surface area (Å²) in [6.07, 6.45) is 0. The van der Waals surface area contributed by atoms with Gasteiger partial charge in [0, 0.05) is 36.6 Å². The average Bonchev–Trinajstić information content (AvgIpc) is 3.22. The van der Waals surface area contributed by atoms with Gasteiger partial charge in [-0.15, -0.1) is 0 Å². The van der Waals surface area contributed by atoms with Crippen molar-refractivity contribution in [3.8, 4) is 11.4 Å². The molecular formula is C24H22N4O3. The number of imidazole rings is 1. The Kier molecular flexibility index (Phi) is 5.41. The minimum atomic E-state index is -0.382. The molecule has 156 valence electrons. The molecule has 0 bridgehead atoms. The zero-order valence-electron chi connectivity index (χ0n) is 17.5. The summed E-state index contributed by atoms with van der Waals surface area (Å²) < 4.78 is 4.72. The number of aromatic amines is 1. The molecule has 0 aliphatic heterocycles. The number of benzene rings is 3. The molecule has 3 aromatic carbocycles. The lowest BCUT2D eigenvalue weighted by Gasteiger charge is -2.12. The molecule has 0 saturated carbocycles. The van der Waals surface area contributed by atoms with E-state index in [4.69, 9.17) is 4.74 Å². The summed E-state index contributed by atoms with van der Waals surface area (Å²) in [7, 11) is 5.26. The summed E-state index contributed by atoms with van der Waals surface area (Å²) in [5.74, 6) is 0.112. The number of rotatable bonds is 5. The van der Waals surface area contributed by atoms with E-state index in [1.165, 1.54) is 7.11 Å². The van der Waals surface area contributed by atoms with E-state index in [0.717, 1.165) is 22.3 Å². The van der Waals surface area contributed by atoms with Crippen LogP contribution in [0.25, 0.3) is 22.4 Å². The Hall–Kier alpha value is -4.13. The molecule has 0 aliphatic carbocycles. The van der Waals surface area contributed by atoms with Crippen LogP contribution in [0.15, 0.2) is 66.7 Å². The van der Waals surface area contributed by atoms with Gasteiger partial charge >= 0.3 is 5.97 Å². The second kappa shape index (κ2) is 8.31. The summed E-state index contributed by atoms with van der Waals surface area (Å²) in [5, 5.41) is 2.92. The number of H-pyrrole nitrogens is 1. The number of nitrogens with one attached hydrogen (secondary N) is 2. The quantitative estimate of drug-likeness (QED) is 0.475. The average molecular weight is 414 g/mol. The molecule has 0 spiro atoms. The number of hydrogen-bond donors (Lipinski definition) is 2. The Morgan fingerprint density at radius 1 is 0.935 bits per heavy atom. The van der Waals surface area contributed by atoms with E-state index < -0.39 is 0 Å². The number of methoxy groups -OCH3 is 1. The first-order chi connectivity index (χ1) is 14.9. The van der Waals surface area contributed by atoms with E-state index >= 15 is 0 Å². The van der Waals surface area contributed by atoms with E-state index in [9.17, 15) is 9.59 Å². The number of aromatic nitrogens is 2. The van der Waals surface area contributed by atoms with Gasteiger partial charge in [0.2, 0.25) is 0 Å². The fraction of sp³-hybridized carbons (Fsp3) is 0.125. The maximum absolute atomic E-state index is 12.6. The molecule has 2 N–H and O–H groups in total. The highest BCUT2D eigenvalue weighted by Gasteiger charge is 2.11. The van der Waals surface area contributed by atoms with Gasteiger partial charge in [-0.2, -0.15) is 0 Å². The fourth-order valence-electron chi connectivity index (χ4n) is 3.22. The van der Waals surface area contributed by atoms with E-state index in [1.54, 1.807) is 24.3 Å². The topological polar surface area (TPSA) is 87.3 Å². The minimum Gasteiger partial charge on any atom is -0.465 e. The van der Waals surface area contributed by atoms with Gasteiger partial charge in [0.1, 0.15) is 5.82 Å². The zero-order chi connectivity index (χ0) is 22.0. The number of carbonyl (C=O) groups is 2. The van der Waals surface area contributed by atoms with Gasteiger partial charge < -0.3 is 19.9 Å². The van der Waals surface area contributed by atoms with Crippen LogP contribution in [0.2, 0.25) is 0 Å². The van der Waals surface area contributed by atoms with Crippen molar-refractivity contribution in [1.82, 2.24) is 9.97 Å². The van der Waals surface area contributed by atoms with Crippen LogP contribution in [-0.2, 0) is 4.74 Å². The lowest BCUT2D eigenvalue weighted by atomic mass is 10.1. The number of fused-ring (bicyclic) bond motifs is 1. The molecule has 0 radical (unpaired) electrons. The maximum atomic E-state index is 12.6. The molecule has 0 atom stereocenters. The van der Waals surface area contributed by atoms with Crippen LogP contribution < -0.4 is 10.2 Å². The third-order valence-corrected chi connectivity index (χ3v) is 4.97. The van der Waals surface area contributed by atoms with Gasteiger partial charge in [0.25, 0.3) is 5.91 Å². The normalized spacial score (nSPS) is 10.7. The van der Waals surface area contributed by atoms with Crippen molar-refractivity contribution < 1.29 is 14.3 Å². The lowest BCUT2D eigenvalue weighted by Crippen LogP contribution is -2.13. The van der Waals surface area contributed by atoms with E-state index in [-0.39, 0.29) is 11.9 Å². The molecule has 0 aliphatic rings. The summed E-state index contributed by atoms with van der Waals surface area (Å²) in [6, 6.07) is 20.0. The van der Waals surface area contributed by atoms with Gasteiger partial charge in [0.15, 0.2) is 0 Å². The highest BCUT2D eigenvalue weighted by atomic mass is 16.5. The Balaban J connectivity index is 1.53. The minimum absolute atomic E-state index is 0.182. The van der Waals surface area contributed by atoms with Crippen LogP contribution in [0, 0.1) is 0 Å². The van der Waals surface area contributed by atoms with Crippen LogP contribution in [0.1, 0.15) is 20.7 Å². The molecule has 1 amide bonds. The van der Waals surface area contributed by atoms with Gasteiger partial charge in [-0.25, -0.2) is 9.78 Å². The Morgan fingerprint density at radius 2 is 1.61 bits per heavy atom. The largest absolute Gasteiger partial charge is 0.465 e. The fourth-order valence-corrected chi connectivity index (χ4v) is 3.22. The maximum Gasteiger partial charge on any atom is 0.337 e. The van der Waals surface area contributed by atoms with Crippen LogP contribution in [0.3, 0.4) is 0 Å². The van der Waals surface area contributed by atoms with Crippen LogP contribution in [-0.4, -0.2) is 43.0 Å². The molecule has 4 aromatic rings. The molecule has 1 aromatic heterocycles. The molecule has 0 unspecified atom stereocenters. The first-order valence-electron chi connectivity index (χ1n) is 9.72. The predicted molar refractivity (Wildman–Crippen MR) is 122 cm³/mol. The van der Waals surface area contributed by atoms with Crippen molar-refractivity contribution in [2.75, 3.05) is 31.4 Å². The molecular weight excluding hydrogens is 392 g/mol. The van der Waals surface area contributed by atoms with Crippen molar-refractivity contribution in [3.05, 3.63) is 77.9 Å². The van der Waals surface area contributed by atoms with E-state index in [0.29, 0.717) is 22.6 Å². The number of amides is 1. The summed E-state index contributed by atoms with van der Waals surface area (Å²) >= 11 is 0. The third kappa shape index (κ3) is 4.25. The standard InChI is InChI=1S/C24H22N4O3/c1-28(2)19-11-8-16(9-12-19)23(29)25-18-10-13-20-21(14-18)27-22(26-20)15-4-6-17(7-5-15)24(30)31-3/h4-14H,1-3H3,(H,25,29)(H,26,27). The van der Waals surface area contributed by atoms with Crippen molar-refractivity contribution in [2.24, 2.45) is 0 Å². The Labute approximate surface area is 179 Å². The van der Waals surface area contributed by atoms with Gasteiger partial charge in [-0.1, -0.05) is 12.1 Å². The second-order valence-corrected chi connectivity index (χ2v) is 7.28. The number of carbonyl (C=O) groups excluding carboxylic acids is 2. The SMILES string of the molecule is COC(=O)c1ccc(-c2nc3cc(NC(=O)c4ccc(N(C)C)cc4)ccc3[nH]2)cc1. The van der Waals surface area contributed by atoms with Crippen LogP contribution in [0.5, 0.6) is 0 Å². The van der Waals surface area contributed by atoms with Crippen molar-refractivity contribution in [3.63, 3.8) is 0 Å². The van der Waals surface area contributed by atoms with Crippen molar-refractivity contribution >= 4 is 34.3 Å². The molecule has 31 heavy (non-hydrogen) atoms. The smallest absolute Gasteiger partial charge is 0.337 e. The number of hydrogen-bond acceptors (Lipinski definition) is 5. The summed E-state index contributed by atoms with van der Waals surface area (Å²) in [6.45, 7) is 0. The molecule has 4 rings (SSSR count). The monoisotopic (exact) mass is 414 g/mol. The van der Waals surface area contributed by atoms with E-state index in [1.807, 2.05) is 61.5 Å². The molecule has 0 saturated heterocycles. The van der Waals surface area contributed by atoms with Crippen molar-refractivity contribution in [1.29, 1.82) is 0 Å². The molecule has 1 heterocycles. The third-order valence-electron chi connectivity index (χ3n) is 4.97. The Bertz CT molecular complexity index is 1240. The van der Waals surface area contributed by atoms with Gasteiger partial charge in [0.05, 0.1) is 23.7 Å². The molecule has 7 heteroatoms. The lowest BCUT2D eigenvalue weighted by molar-refractivity contribution is 0.0600. The first kappa shape index (κ1) is 20.2. The number of nitrogens with zero attached hydrogens (tertiary/aromatic N) is 2. The summed E-state index contributed by atoms with van der Waals surface area (Å²) in [4.78, 5) is 34.0. The van der Waals surface area contributed by atoms with Gasteiger partial charge in [-0.05, 0) is 54.6 Å². The molecule has 0 fully saturated rings. The highest BCUT2D eigenvalue weighted by molar-refractivity contribution is 6.05.